The van der Waals surface area contributed by atoms with Crippen LogP contribution in [0.15, 0.2) is 29.7 Å². The summed E-state index contributed by atoms with van der Waals surface area (Å²) in [5, 5.41) is 2.19. The summed E-state index contributed by atoms with van der Waals surface area (Å²) in [6.07, 6.45) is 4.77. The van der Waals surface area contributed by atoms with E-state index in [1.807, 2.05) is 11.8 Å². The minimum Gasteiger partial charge on any atom is -0.134 e. The normalized spacial score (nSPS) is 11.0. The highest BCUT2D eigenvalue weighted by Crippen LogP contribution is 2.11. The Morgan fingerprint density at radius 2 is 1.93 bits per heavy atom. The summed E-state index contributed by atoms with van der Waals surface area (Å²) in [4.78, 5) is 0. The van der Waals surface area contributed by atoms with Crippen LogP contribution in [0.5, 0.6) is 0 Å². The Hall–Kier alpha value is -0.690. The van der Waals surface area contributed by atoms with Crippen molar-refractivity contribution in [3.8, 4) is 0 Å². The second-order valence-electron chi connectivity index (χ2n) is 3.44. The molecule has 0 fully saturated rings. The summed E-state index contributed by atoms with van der Waals surface area (Å²) >= 11 is 1.90. The Balaban J connectivity index is 2.33. The highest BCUT2D eigenvalue weighted by atomic mass is 32.2. The van der Waals surface area contributed by atoms with Crippen LogP contribution in [-0.2, 0) is 0 Å². The summed E-state index contributed by atoms with van der Waals surface area (Å²) in [5.74, 6) is 1.23. The molecule has 1 aromatic carbocycles. The van der Waals surface area contributed by atoms with Gasteiger partial charge in [-0.2, -0.15) is 0 Å². The van der Waals surface area contributed by atoms with Gasteiger partial charge in [0.05, 0.1) is 0 Å². The number of unbranched alkanes of at least 4 members (excludes halogenated alkanes) is 1. The van der Waals surface area contributed by atoms with Gasteiger partial charge in [-0.1, -0.05) is 43.2 Å². The predicted molar refractivity (Wildman–Crippen MR) is 67.6 cm³/mol. The summed E-state index contributed by atoms with van der Waals surface area (Å²) in [5.41, 5.74) is 2.61. The summed E-state index contributed by atoms with van der Waals surface area (Å²) in [6.45, 7) is 4.34. The molecule has 0 saturated carbocycles. The first-order valence-corrected chi connectivity index (χ1v) is 6.22. The summed E-state index contributed by atoms with van der Waals surface area (Å²) in [6, 6.07) is 8.62. The molecule has 0 aliphatic rings. The van der Waals surface area contributed by atoms with E-state index < -0.39 is 0 Å². The maximum absolute atomic E-state index is 2.23. The van der Waals surface area contributed by atoms with E-state index in [4.69, 9.17) is 0 Å². The third kappa shape index (κ3) is 4.52. The minimum atomic E-state index is 1.23. The minimum absolute atomic E-state index is 1.23. The standard InChI is InChI=1S/C13H18S/c1-3-4-10-14-11-9-13-7-5-12(2)6-8-13/h5-9,11H,3-4,10H2,1-2H3/b11-9+. The van der Waals surface area contributed by atoms with Crippen molar-refractivity contribution in [2.75, 3.05) is 5.75 Å². The SMILES string of the molecule is CCCCS/C=C/c1ccc(C)cc1. The van der Waals surface area contributed by atoms with Gasteiger partial charge in [-0.3, -0.25) is 0 Å². The number of rotatable bonds is 5. The molecule has 0 saturated heterocycles. The van der Waals surface area contributed by atoms with Crippen LogP contribution in [0.1, 0.15) is 30.9 Å². The van der Waals surface area contributed by atoms with E-state index in [9.17, 15) is 0 Å². The Morgan fingerprint density at radius 3 is 2.57 bits per heavy atom. The van der Waals surface area contributed by atoms with Crippen LogP contribution >= 0.6 is 11.8 Å². The van der Waals surface area contributed by atoms with E-state index in [-0.39, 0.29) is 0 Å². The number of hydrogen-bond acceptors (Lipinski definition) is 1. The van der Waals surface area contributed by atoms with Crippen molar-refractivity contribution in [2.45, 2.75) is 26.7 Å². The molecule has 0 heterocycles. The average Bonchev–Trinajstić information content (AvgIpc) is 2.21. The monoisotopic (exact) mass is 206 g/mol. The van der Waals surface area contributed by atoms with Gasteiger partial charge in [0, 0.05) is 0 Å². The molecular weight excluding hydrogens is 188 g/mol. The molecule has 1 aromatic rings. The van der Waals surface area contributed by atoms with Crippen molar-refractivity contribution < 1.29 is 0 Å². The zero-order chi connectivity index (χ0) is 10.2. The van der Waals surface area contributed by atoms with Gasteiger partial charge < -0.3 is 0 Å². The van der Waals surface area contributed by atoms with Crippen molar-refractivity contribution in [3.63, 3.8) is 0 Å². The second-order valence-corrected chi connectivity index (χ2v) is 4.45. The third-order valence-corrected chi connectivity index (χ3v) is 2.90. The van der Waals surface area contributed by atoms with Crippen LogP contribution in [0.2, 0.25) is 0 Å². The number of thioether (sulfide) groups is 1. The molecule has 0 spiro atoms. The van der Waals surface area contributed by atoms with E-state index >= 15 is 0 Å². The van der Waals surface area contributed by atoms with E-state index in [1.165, 1.54) is 29.7 Å². The molecule has 0 aliphatic heterocycles. The van der Waals surface area contributed by atoms with Crippen LogP contribution in [0.3, 0.4) is 0 Å². The molecule has 0 atom stereocenters. The number of benzene rings is 1. The van der Waals surface area contributed by atoms with Crippen LogP contribution in [0.25, 0.3) is 6.08 Å². The van der Waals surface area contributed by atoms with Crippen molar-refractivity contribution in [1.29, 1.82) is 0 Å². The van der Waals surface area contributed by atoms with E-state index in [0.717, 1.165) is 0 Å². The zero-order valence-electron chi connectivity index (χ0n) is 8.99. The first-order chi connectivity index (χ1) is 6.83. The maximum atomic E-state index is 2.23. The molecule has 0 nitrogen and oxygen atoms in total. The van der Waals surface area contributed by atoms with Crippen LogP contribution in [-0.4, -0.2) is 5.75 Å². The van der Waals surface area contributed by atoms with Gasteiger partial charge in [-0.05, 0) is 36.1 Å². The largest absolute Gasteiger partial charge is 0.134 e. The van der Waals surface area contributed by atoms with Crippen molar-refractivity contribution >= 4 is 17.8 Å². The Morgan fingerprint density at radius 1 is 1.21 bits per heavy atom. The zero-order valence-corrected chi connectivity index (χ0v) is 9.81. The van der Waals surface area contributed by atoms with Crippen molar-refractivity contribution in [1.82, 2.24) is 0 Å². The highest BCUT2D eigenvalue weighted by Gasteiger charge is 1.86. The molecule has 0 aliphatic carbocycles. The predicted octanol–water partition coefficient (Wildman–Crippen LogP) is 4.50. The highest BCUT2D eigenvalue weighted by molar-refractivity contribution is 8.02. The van der Waals surface area contributed by atoms with Crippen LogP contribution < -0.4 is 0 Å². The fourth-order valence-electron chi connectivity index (χ4n) is 1.10. The van der Waals surface area contributed by atoms with Gasteiger partial charge in [-0.15, -0.1) is 11.8 Å². The van der Waals surface area contributed by atoms with E-state index in [2.05, 4.69) is 49.6 Å². The van der Waals surface area contributed by atoms with Crippen LogP contribution in [0.4, 0.5) is 0 Å². The smallest absolute Gasteiger partial charge is 0.00261 e. The van der Waals surface area contributed by atoms with Gasteiger partial charge in [0.15, 0.2) is 0 Å². The van der Waals surface area contributed by atoms with Crippen molar-refractivity contribution in [3.05, 3.63) is 40.8 Å². The molecular formula is C13H18S. The molecule has 0 unspecified atom stereocenters. The summed E-state index contributed by atoms with van der Waals surface area (Å²) < 4.78 is 0. The maximum Gasteiger partial charge on any atom is -0.00261 e. The molecule has 1 rings (SSSR count). The Bertz CT molecular complexity index is 272. The van der Waals surface area contributed by atoms with Gasteiger partial charge in [0.25, 0.3) is 0 Å². The van der Waals surface area contributed by atoms with Crippen LogP contribution in [0, 0.1) is 6.92 Å². The quantitative estimate of drug-likeness (QED) is 0.639. The lowest BCUT2D eigenvalue weighted by Gasteiger charge is -1.95. The van der Waals surface area contributed by atoms with E-state index in [1.54, 1.807) is 0 Å². The summed E-state index contributed by atoms with van der Waals surface area (Å²) in [7, 11) is 0. The molecule has 76 valence electrons. The van der Waals surface area contributed by atoms with Gasteiger partial charge in [-0.25, -0.2) is 0 Å². The lowest BCUT2D eigenvalue weighted by molar-refractivity contribution is 0.898. The average molecular weight is 206 g/mol. The number of hydrogen-bond donors (Lipinski definition) is 0. The topological polar surface area (TPSA) is 0 Å². The van der Waals surface area contributed by atoms with Gasteiger partial charge >= 0.3 is 0 Å². The molecule has 0 bridgehead atoms. The molecule has 0 aromatic heterocycles. The first-order valence-electron chi connectivity index (χ1n) is 5.17. The molecule has 0 N–H and O–H groups in total. The van der Waals surface area contributed by atoms with E-state index in [0.29, 0.717) is 0 Å². The lowest BCUT2D eigenvalue weighted by atomic mass is 10.2. The number of aryl methyl sites for hydroxylation is 1. The fourth-order valence-corrected chi connectivity index (χ4v) is 1.94. The lowest BCUT2D eigenvalue weighted by Crippen LogP contribution is -1.74. The third-order valence-electron chi connectivity index (χ3n) is 2.05. The Labute approximate surface area is 91.4 Å². The Kier molecular flexibility index (Phi) is 5.46. The molecule has 0 amide bonds. The fraction of sp³-hybridized carbons (Fsp3) is 0.385. The molecule has 0 radical (unpaired) electrons. The second kappa shape index (κ2) is 6.72. The van der Waals surface area contributed by atoms with Crippen molar-refractivity contribution in [2.24, 2.45) is 0 Å². The first kappa shape index (κ1) is 11.4. The van der Waals surface area contributed by atoms with Gasteiger partial charge in [0.2, 0.25) is 0 Å². The molecule has 1 heteroatoms. The van der Waals surface area contributed by atoms with Gasteiger partial charge in [0.1, 0.15) is 0 Å². The molecule has 14 heavy (non-hydrogen) atoms.